The smallest absolute Gasteiger partial charge is 0.325 e. The third-order valence-electron chi connectivity index (χ3n) is 3.71. The zero-order valence-corrected chi connectivity index (χ0v) is 15.7. The number of benzene rings is 1. The van der Waals surface area contributed by atoms with Gasteiger partial charge in [-0.3, -0.25) is 9.59 Å². The first-order valence-corrected chi connectivity index (χ1v) is 8.79. The maximum atomic E-state index is 12.3. The number of amides is 3. The van der Waals surface area contributed by atoms with Gasteiger partial charge in [0.25, 0.3) is 5.91 Å². The predicted octanol–water partition coefficient (Wildman–Crippen LogP) is 2.62. The van der Waals surface area contributed by atoms with Crippen LogP contribution in [0.1, 0.15) is 20.8 Å². The quantitative estimate of drug-likeness (QED) is 0.760. The van der Waals surface area contributed by atoms with Crippen LogP contribution in [-0.2, 0) is 16.1 Å². The van der Waals surface area contributed by atoms with E-state index in [-0.39, 0.29) is 12.6 Å². The molecule has 0 aliphatic carbocycles. The molecule has 1 heterocycles. The third-order valence-corrected chi connectivity index (χ3v) is 4.72. The molecule has 0 saturated heterocycles. The van der Waals surface area contributed by atoms with Crippen LogP contribution in [0.4, 0.5) is 10.5 Å². The lowest BCUT2D eigenvalue weighted by Crippen LogP contribution is -2.31. The van der Waals surface area contributed by atoms with Crippen molar-refractivity contribution < 1.29 is 19.1 Å². The molecule has 138 valence electrons. The van der Waals surface area contributed by atoms with Crippen molar-refractivity contribution in [2.75, 3.05) is 26.0 Å². The molecular weight excluding hydrogens is 354 g/mol. The summed E-state index contributed by atoms with van der Waals surface area (Å²) in [6.45, 7) is 2.35. The summed E-state index contributed by atoms with van der Waals surface area (Å²) >= 11 is 1.62. The van der Waals surface area contributed by atoms with Gasteiger partial charge in [0.15, 0.2) is 0 Å². The Balaban J connectivity index is 1.89. The summed E-state index contributed by atoms with van der Waals surface area (Å²) in [5, 5.41) is 7.24. The van der Waals surface area contributed by atoms with Crippen LogP contribution in [-0.4, -0.2) is 43.5 Å². The monoisotopic (exact) mass is 375 g/mol. The molecule has 0 saturated carbocycles. The van der Waals surface area contributed by atoms with Gasteiger partial charge in [0.2, 0.25) is 0 Å². The second-order valence-corrected chi connectivity index (χ2v) is 6.65. The van der Waals surface area contributed by atoms with Gasteiger partial charge in [-0.25, -0.2) is 4.79 Å². The number of ether oxygens (including phenoxy) is 1. The second kappa shape index (κ2) is 9.00. The summed E-state index contributed by atoms with van der Waals surface area (Å²) in [6, 6.07) is 8.21. The Bertz CT molecular complexity index is 786. The van der Waals surface area contributed by atoms with Crippen molar-refractivity contribution in [2.45, 2.75) is 13.5 Å². The molecule has 0 spiro atoms. The van der Waals surface area contributed by atoms with Gasteiger partial charge < -0.3 is 20.3 Å². The fourth-order valence-electron chi connectivity index (χ4n) is 2.10. The maximum Gasteiger partial charge on any atom is 0.325 e. The molecule has 0 aliphatic heterocycles. The van der Waals surface area contributed by atoms with Crippen LogP contribution < -0.4 is 10.6 Å². The van der Waals surface area contributed by atoms with E-state index in [4.69, 9.17) is 0 Å². The summed E-state index contributed by atoms with van der Waals surface area (Å²) in [4.78, 5) is 37.9. The molecule has 8 heteroatoms. The van der Waals surface area contributed by atoms with Gasteiger partial charge in [-0.15, -0.1) is 11.3 Å². The van der Waals surface area contributed by atoms with Crippen molar-refractivity contribution in [3.8, 4) is 0 Å². The number of hydrogen-bond acceptors (Lipinski definition) is 5. The van der Waals surface area contributed by atoms with Crippen LogP contribution in [0, 0.1) is 6.92 Å². The van der Waals surface area contributed by atoms with E-state index in [1.54, 1.807) is 47.5 Å². The number of thiophene rings is 1. The number of esters is 1. The number of rotatable bonds is 6. The van der Waals surface area contributed by atoms with E-state index in [1.807, 2.05) is 18.4 Å². The van der Waals surface area contributed by atoms with Crippen LogP contribution in [0.25, 0.3) is 0 Å². The first kappa shape index (κ1) is 19.5. The number of aryl methyl sites for hydroxylation is 1. The molecule has 1 aromatic heterocycles. The number of carbonyl (C=O) groups excluding carboxylic acids is 3. The van der Waals surface area contributed by atoms with E-state index in [9.17, 15) is 14.4 Å². The molecule has 2 N–H and O–H groups in total. The predicted molar refractivity (Wildman–Crippen MR) is 100 cm³/mol. The minimum atomic E-state index is -0.522. The largest absolute Gasteiger partial charge is 0.468 e. The molecule has 0 bridgehead atoms. The highest BCUT2D eigenvalue weighted by Gasteiger charge is 2.12. The average molecular weight is 375 g/mol. The van der Waals surface area contributed by atoms with Crippen LogP contribution in [0.2, 0.25) is 0 Å². The topological polar surface area (TPSA) is 87.7 Å². The van der Waals surface area contributed by atoms with Crippen LogP contribution in [0.3, 0.4) is 0 Å². The Labute approximate surface area is 156 Å². The van der Waals surface area contributed by atoms with E-state index in [1.165, 1.54) is 7.11 Å². The van der Waals surface area contributed by atoms with E-state index in [0.717, 1.165) is 10.4 Å². The Kier molecular flexibility index (Phi) is 6.74. The summed E-state index contributed by atoms with van der Waals surface area (Å²) in [5.41, 5.74) is 2.13. The van der Waals surface area contributed by atoms with Crippen LogP contribution in [0.15, 0.2) is 35.7 Å². The Morgan fingerprint density at radius 2 is 1.85 bits per heavy atom. The van der Waals surface area contributed by atoms with Crippen molar-refractivity contribution in [3.63, 3.8) is 0 Å². The summed E-state index contributed by atoms with van der Waals surface area (Å²) in [7, 11) is 2.98. The molecule has 0 atom stereocenters. The minimum Gasteiger partial charge on any atom is -0.468 e. The molecule has 0 unspecified atom stereocenters. The fourth-order valence-corrected chi connectivity index (χ4v) is 3.06. The van der Waals surface area contributed by atoms with Crippen LogP contribution >= 0.6 is 11.3 Å². The van der Waals surface area contributed by atoms with E-state index in [2.05, 4.69) is 15.4 Å². The summed E-state index contributed by atoms with van der Waals surface area (Å²) < 4.78 is 4.46. The number of carbonyl (C=O) groups is 3. The molecule has 0 radical (unpaired) electrons. The van der Waals surface area contributed by atoms with E-state index >= 15 is 0 Å². The second-order valence-electron chi connectivity index (χ2n) is 5.65. The number of nitrogens with one attached hydrogen (secondary N) is 2. The lowest BCUT2D eigenvalue weighted by atomic mass is 10.2. The summed E-state index contributed by atoms with van der Waals surface area (Å²) in [5.74, 6) is -0.912. The molecule has 2 rings (SSSR count). The van der Waals surface area contributed by atoms with Crippen molar-refractivity contribution in [3.05, 3.63) is 51.7 Å². The van der Waals surface area contributed by atoms with Crippen molar-refractivity contribution in [1.29, 1.82) is 0 Å². The first-order valence-electron chi connectivity index (χ1n) is 7.91. The average Bonchev–Trinajstić information content (AvgIpc) is 3.04. The standard InChI is InChI=1S/C18H21N3O4S/c1-12-8-9-26-15(12)11-21(2)18(24)20-14-6-4-13(5-7-14)17(23)19-10-16(22)25-3/h4-9H,10-11H2,1-3H3,(H,19,23)(H,20,24). The molecule has 0 aliphatic rings. The van der Waals surface area contributed by atoms with E-state index in [0.29, 0.717) is 17.8 Å². The van der Waals surface area contributed by atoms with Crippen LogP contribution in [0.5, 0.6) is 0 Å². The van der Waals surface area contributed by atoms with Gasteiger partial charge >= 0.3 is 12.0 Å². The number of nitrogens with zero attached hydrogens (tertiary/aromatic N) is 1. The maximum absolute atomic E-state index is 12.3. The van der Waals surface area contributed by atoms with Gasteiger partial charge in [-0.1, -0.05) is 0 Å². The minimum absolute atomic E-state index is 0.194. The molecule has 0 fully saturated rings. The summed E-state index contributed by atoms with van der Waals surface area (Å²) in [6.07, 6.45) is 0. The SMILES string of the molecule is COC(=O)CNC(=O)c1ccc(NC(=O)N(C)Cc2sccc2C)cc1. The lowest BCUT2D eigenvalue weighted by Gasteiger charge is -2.18. The normalized spacial score (nSPS) is 10.1. The van der Waals surface area contributed by atoms with E-state index < -0.39 is 11.9 Å². The molecular formula is C18H21N3O4S. The van der Waals surface area contributed by atoms with Gasteiger partial charge in [0.1, 0.15) is 6.54 Å². The van der Waals surface area contributed by atoms with Gasteiger partial charge in [-0.2, -0.15) is 0 Å². The van der Waals surface area contributed by atoms with Crippen molar-refractivity contribution in [2.24, 2.45) is 0 Å². The Morgan fingerprint density at radius 3 is 2.42 bits per heavy atom. The van der Waals surface area contributed by atoms with Gasteiger partial charge in [0.05, 0.1) is 13.7 Å². The Morgan fingerprint density at radius 1 is 1.15 bits per heavy atom. The molecule has 3 amide bonds. The number of hydrogen-bond donors (Lipinski definition) is 2. The van der Waals surface area contributed by atoms with Crippen molar-refractivity contribution >= 4 is 34.9 Å². The fraction of sp³-hybridized carbons (Fsp3) is 0.278. The molecule has 1 aromatic carbocycles. The lowest BCUT2D eigenvalue weighted by molar-refractivity contribution is -0.139. The number of anilines is 1. The molecule has 7 nitrogen and oxygen atoms in total. The number of urea groups is 1. The van der Waals surface area contributed by atoms with Gasteiger partial charge in [0, 0.05) is 23.2 Å². The van der Waals surface area contributed by atoms with Crippen molar-refractivity contribution in [1.82, 2.24) is 10.2 Å². The highest BCUT2D eigenvalue weighted by atomic mass is 32.1. The number of methoxy groups -OCH3 is 1. The Hall–Kier alpha value is -2.87. The highest BCUT2D eigenvalue weighted by Crippen LogP contribution is 2.18. The first-order chi connectivity index (χ1) is 12.4. The molecule has 26 heavy (non-hydrogen) atoms. The zero-order valence-electron chi connectivity index (χ0n) is 14.9. The highest BCUT2D eigenvalue weighted by molar-refractivity contribution is 7.10. The van der Waals surface area contributed by atoms with Gasteiger partial charge in [-0.05, 0) is 48.2 Å². The third kappa shape index (κ3) is 5.32. The molecule has 2 aromatic rings. The zero-order chi connectivity index (χ0) is 19.1.